The molecule has 222 valence electrons. The first-order valence-electron chi connectivity index (χ1n) is 14.3. The van der Waals surface area contributed by atoms with Crippen LogP contribution in [0.4, 0.5) is 4.79 Å². The zero-order valence-corrected chi connectivity index (χ0v) is 27.7. The number of thioether (sulfide) groups is 1. The molecule has 1 heterocycles. The third-order valence-corrected chi connectivity index (χ3v) is 8.83. The molecule has 0 atom stereocenters. The summed E-state index contributed by atoms with van der Waals surface area (Å²) in [5.74, 6) is 2.01. The fourth-order valence-corrected chi connectivity index (χ4v) is 6.62. The van der Waals surface area contributed by atoms with Crippen molar-refractivity contribution in [1.29, 1.82) is 0 Å². The molecule has 43 heavy (non-hydrogen) atoms. The van der Waals surface area contributed by atoms with Gasteiger partial charge in [0.25, 0.3) is 11.1 Å². The molecule has 6 nitrogen and oxygen atoms in total. The highest BCUT2D eigenvalue weighted by molar-refractivity contribution is 14.1. The van der Waals surface area contributed by atoms with Gasteiger partial charge in [0.2, 0.25) is 0 Å². The molecule has 0 bridgehead atoms. The summed E-state index contributed by atoms with van der Waals surface area (Å²) in [5.41, 5.74) is 4.04. The highest BCUT2D eigenvalue weighted by Gasteiger charge is 2.35. The van der Waals surface area contributed by atoms with E-state index in [1.165, 1.54) is 4.90 Å². The predicted molar refractivity (Wildman–Crippen MR) is 182 cm³/mol. The van der Waals surface area contributed by atoms with Gasteiger partial charge in [0, 0.05) is 0 Å². The zero-order chi connectivity index (χ0) is 30.5. The van der Waals surface area contributed by atoms with Crippen molar-refractivity contribution in [2.75, 3.05) is 19.8 Å². The molecule has 0 N–H and O–H groups in total. The zero-order valence-electron chi connectivity index (χ0n) is 24.7. The molecule has 1 saturated heterocycles. The second-order valence-electron chi connectivity index (χ2n) is 10.6. The van der Waals surface area contributed by atoms with Crippen LogP contribution >= 0.6 is 34.4 Å². The molecule has 1 aliphatic heterocycles. The SMILES string of the molecule is CCOc1cc(/C=C2\SC(=O)N(CCOc3cc(C)ccc3C(C)C)C2=O)cc(I)c1OCc1cccc2ccccc12. The van der Waals surface area contributed by atoms with Crippen molar-refractivity contribution < 1.29 is 23.8 Å². The van der Waals surface area contributed by atoms with Crippen LogP contribution in [-0.4, -0.2) is 35.8 Å². The number of carbonyl (C=O) groups is 2. The molecular formula is C35H34INO5S. The highest BCUT2D eigenvalue weighted by atomic mass is 127. The van der Waals surface area contributed by atoms with Crippen molar-refractivity contribution in [3.05, 3.63) is 104 Å². The van der Waals surface area contributed by atoms with E-state index in [1.54, 1.807) is 6.08 Å². The number of hydrogen-bond acceptors (Lipinski definition) is 6. The van der Waals surface area contributed by atoms with Gasteiger partial charge in [0.05, 0.1) is 21.6 Å². The minimum absolute atomic E-state index is 0.177. The Hall–Kier alpha value is -3.50. The first-order valence-corrected chi connectivity index (χ1v) is 16.2. The quantitative estimate of drug-likeness (QED) is 0.115. The van der Waals surface area contributed by atoms with Gasteiger partial charge in [-0.15, -0.1) is 0 Å². The highest BCUT2D eigenvalue weighted by Crippen LogP contribution is 2.38. The number of hydrogen-bond donors (Lipinski definition) is 0. The standard InChI is InChI=1S/C35H34INO5S/c1-5-40-31-19-24(18-29(36)33(31)42-21-26-11-8-10-25-9-6-7-12-28(25)26)20-32-34(38)37(35(39)43-32)15-16-41-30-17-23(4)13-14-27(30)22(2)3/h6-14,17-20,22H,5,15-16,21H2,1-4H3/b32-20-. The summed E-state index contributed by atoms with van der Waals surface area (Å²) in [7, 11) is 0. The summed E-state index contributed by atoms with van der Waals surface area (Å²) in [6, 6.07) is 24.3. The van der Waals surface area contributed by atoms with Crippen molar-refractivity contribution in [1.82, 2.24) is 4.90 Å². The fourth-order valence-electron chi connectivity index (χ4n) is 4.98. The Balaban J connectivity index is 1.30. The van der Waals surface area contributed by atoms with Crippen LogP contribution in [0.15, 0.2) is 77.7 Å². The molecular weight excluding hydrogens is 673 g/mol. The van der Waals surface area contributed by atoms with Gasteiger partial charge in [0.1, 0.15) is 19.0 Å². The third-order valence-electron chi connectivity index (χ3n) is 7.12. The van der Waals surface area contributed by atoms with E-state index in [9.17, 15) is 9.59 Å². The molecule has 4 aromatic rings. The van der Waals surface area contributed by atoms with E-state index < -0.39 is 0 Å². The molecule has 4 aromatic carbocycles. The first-order chi connectivity index (χ1) is 20.7. The van der Waals surface area contributed by atoms with E-state index in [0.29, 0.717) is 35.5 Å². The van der Waals surface area contributed by atoms with Crippen LogP contribution in [0.3, 0.4) is 0 Å². The minimum Gasteiger partial charge on any atom is -0.491 e. The third kappa shape index (κ3) is 7.18. The topological polar surface area (TPSA) is 65.1 Å². The summed E-state index contributed by atoms with van der Waals surface area (Å²) in [6.45, 7) is 9.41. The maximum Gasteiger partial charge on any atom is 0.293 e. The summed E-state index contributed by atoms with van der Waals surface area (Å²) in [4.78, 5) is 27.6. The Bertz CT molecular complexity index is 1690. The summed E-state index contributed by atoms with van der Waals surface area (Å²) in [6.07, 6.45) is 1.74. The van der Waals surface area contributed by atoms with Crippen molar-refractivity contribution in [3.63, 3.8) is 0 Å². The monoisotopic (exact) mass is 707 g/mol. The molecule has 2 amide bonds. The minimum atomic E-state index is -0.323. The van der Waals surface area contributed by atoms with Gasteiger partial charge in [0.15, 0.2) is 11.5 Å². The number of benzene rings is 4. The Labute approximate surface area is 270 Å². The number of carbonyl (C=O) groups excluding carboxylic acids is 2. The van der Waals surface area contributed by atoms with Gasteiger partial charge in [-0.2, -0.15) is 0 Å². The maximum absolute atomic E-state index is 13.2. The maximum atomic E-state index is 13.2. The van der Waals surface area contributed by atoms with E-state index in [0.717, 1.165) is 54.1 Å². The van der Waals surface area contributed by atoms with Crippen LogP contribution in [0, 0.1) is 10.5 Å². The van der Waals surface area contributed by atoms with Gasteiger partial charge >= 0.3 is 0 Å². The van der Waals surface area contributed by atoms with Crippen molar-refractivity contribution in [2.45, 2.75) is 40.2 Å². The van der Waals surface area contributed by atoms with Crippen molar-refractivity contribution >= 4 is 62.3 Å². The van der Waals surface area contributed by atoms with Gasteiger partial charge in [-0.25, -0.2) is 0 Å². The number of ether oxygens (including phenoxy) is 3. The van der Waals surface area contributed by atoms with E-state index >= 15 is 0 Å². The molecule has 1 aliphatic rings. The molecule has 0 unspecified atom stereocenters. The number of amides is 2. The average molecular weight is 708 g/mol. The lowest BCUT2D eigenvalue weighted by Gasteiger charge is -2.17. The molecule has 0 radical (unpaired) electrons. The van der Waals surface area contributed by atoms with Crippen LogP contribution in [0.5, 0.6) is 17.2 Å². The van der Waals surface area contributed by atoms with Gasteiger partial charge in [-0.1, -0.05) is 68.4 Å². The smallest absolute Gasteiger partial charge is 0.293 e. The van der Waals surface area contributed by atoms with E-state index in [1.807, 2.05) is 50.2 Å². The largest absolute Gasteiger partial charge is 0.491 e. The van der Waals surface area contributed by atoms with Gasteiger partial charge in [-0.3, -0.25) is 14.5 Å². The molecule has 1 fully saturated rings. The van der Waals surface area contributed by atoms with Gasteiger partial charge < -0.3 is 14.2 Å². The average Bonchev–Trinajstić information content (AvgIpc) is 3.24. The number of imide groups is 1. The molecule has 0 spiro atoms. The second kappa shape index (κ2) is 13.9. The second-order valence-corrected chi connectivity index (χ2v) is 12.7. The normalized spacial score (nSPS) is 14.3. The summed E-state index contributed by atoms with van der Waals surface area (Å²) in [5, 5.41) is 2.01. The number of fused-ring (bicyclic) bond motifs is 1. The Morgan fingerprint density at radius 3 is 2.51 bits per heavy atom. The van der Waals surface area contributed by atoms with E-state index in [2.05, 4.69) is 72.8 Å². The number of aryl methyl sites for hydroxylation is 1. The van der Waals surface area contributed by atoms with Crippen LogP contribution in [-0.2, 0) is 11.4 Å². The fraction of sp³-hybridized carbons (Fsp3) is 0.257. The molecule has 8 heteroatoms. The predicted octanol–water partition coefficient (Wildman–Crippen LogP) is 8.97. The van der Waals surface area contributed by atoms with Crippen LogP contribution < -0.4 is 14.2 Å². The Morgan fingerprint density at radius 2 is 1.72 bits per heavy atom. The molecule has 0 aliphatic carbocycles. The number of nitrogens with zero attached hydrogens (tertiary/aromatic N) is 1. The van der Waals surface area contributed by atoms with Crippen molar-refractivity contribution in [3.8, 4) is 17.2 Å². The number of halogens is 1. The lowest BCUT2D eigenvalue weighted by molar-refractivity contribution is -0.123. The van der Waals surface area contributed by atoms with Crippen LogP contribution in [0.1, 0.15) is 48.9 Å². The molecule has 0 saturated carbocycles. The Kier molecular flexibility index (Phi) is 9.97. The summed E-state index contributed by atoms with van der Waals surface area (Å²) >= 11 is 3.17. The van der Waals surface area contributed by atoms with E-state index in [4.69, 9.17) is 14.2 Å². The summed E-state index contributed by atoms with van der Waals surface area (Å²) < 4.78 is 19.1. The Morgan fingerprint density at radius 1 is 0.930 bits per heavy atom. The lowest BCUT2D eigenvalue weighted by Crippen LogP contribution is -2.32. The lowest BCUT2D eigenvalue weighted by atomic mass is 10.0. The van der Waals surface area contributed by atoms with Gasteiger partial charge in [-0.05, 0) is 111 Å². The van der Waals surface area contributed by atoms with E-state index in [-0.39, 0.29) is 24.3 Å². The van der Waals surface area contributed by atoms with Crippen molar-refractivity contribution in [2.24, 2.45) is 0 Å². The number of rotatable bonds is 11. The molecule has 5 rings (SSSR count). The first kappa shape index (κ1) is 30.9. The van der Waals surface area contributed by atoms with Crippen LogP contribution in [0.25, 0.3) is 16.8 Å². The molecule has 0 aromatic heterocycles. The van der Waals surface area contributed by atoms with Crippen LogP contribution in [0.2, 0.25) is 0 Å².